The fraction of sp³-hybridized carbons (Fsp3) is 0.421. The molecule has 0 saturated heterocycles. The van der Waals surface area contributed by atoms with Crippen molar-refractivity contribution in [3.8, 4) is 5.75 Å². The van der Waals surface area contributed by atoms with Gasteiger partial charge in [-0.1, -0.05) is 11.3 Å². The molecule has 0 aliphatic carbocycles. The Morgan fingerprint density at radius 3 is 2.70 bits per heavy atom. The summed E-state index contributed by atoms with van der Waals surface area (Å²) in [6.07, 6.45) is 0.160. The van der Waals surface area contributed by atoms with Crippen LogP contribution in [0.1, 0.15) is 41.7 Å². The molecule has 0 radical (unpaired) electrons. The lowest BCUT2D eigenvalue weighted by atomic mass is 10.1. The molecule has 1 aromatic carbocycles. The number of ether oxygens (including phenoxy) is 2. The zero-order chi connectivity index (χ0) is 22.1. The van der Waals surface area contributed by atoms with Crippen LogP contribution in [0, 0.1) is 10.1 Å². The first-order chi connectivity index (χ1) is 14.1. The van der Waals surface area contributed by atoms with Gasteiger partial charge in [-0.2, -0.15) is 0 Å². The van der Waals surface area contributed by atoms with E-state index >= 15 is 0 Å². The van der Waals surface area contributed by atoms with Crippen LogP contribution < -0.4 is 10.1 Å². The SMILES string of the molecule is COc1ccc(C(=O)Nc2nc3c(s2)CN(C(=O)OC(C)(C)C)CC3)cc1[N+](=O)[O-]. The lowest BCUT2D eigenvalue weighted by molar-refractivity contribution is -0.385. The number of amides is 2. The molecule has 1 aliphatic rings. The van der Waals surface area contributed by atoms with Crippen LogP contribution in [-0.2, 0) is 17.7 Å². The Morgan fingerprint density at radius 2 is 2.07 bits per heavy atom. The topological polar surface area (TPSA) is 124 Å². The second kappa shape index (κ2) is 8.27. The third-order valence-electron chi connectivity index (χ3n) is 4.24. The van der Waals surface area contributed by atoms with Crippen molar-refractivity contribution in [2.24, 2.45) is 0 Å². The minimum absolute atomic E-state index is 0.0727. The summed E-state index contributed by atoms with van der Waals surface area (Å²) in [5.74, 6) is -0.445. The predicted octanol–water partition coefficient (Wildman–Crippen LogP) is 3.61. The molecular formula is C19H22N4O6S. The number of aromatic nitrogens is 1. The molecule has 1 aliphatic heterocycles. The molecule has 0 bridgehead atoms. The molecule has 2 heterocycles. The van der Waals surface area contributed by atoms with Crippen LogP contribution in [0.5, 0.6) is 5.75 Å². The summed E-state index contributed by atoms with van der Waals surface area (Å²) in [6.45, 7) is 6.26. The van der Waals surface area contributed by atoms with E-state index in [4.69, 9.17) is 9.47 Å². The average Bonchev–Trinajstić information content (AvgIpc) is 3.07. The van der Waals surface area contributed by atoms with Gasteiger partial charge in [0.1, 0.15) is 5.60 Å². The van der Waals surface area contributed by atoms with Crippen LogP contribution in [0.4, 0.5) is 15.6 Å². The molecule has 2 aromatic rings. The highest BCUT2D eigenvalue weighted by molar-refractivity contribution is 7.15. The van der Waals surface area contributed by atoms with Crippen molar-refractivity contribution in [3.63, 3.8) is 0 Å². The summed E-state index contributed by atoms with van der Waals surface area (Å²) in [4.78, 5) is 42.3. The number of nitrogens with one attached hydrogen (secondary N) is 1. The van der Waals surface area contributed by atoms with Gasteiger partial charge in [0, 0.05) is 29.5 Å². The Balaban J connectivity index is 1.72. The van der Waals surface area contributed by atoms with Crippen LogP contribution >= 0.6 is 11.3 Å². The molecule has 3 rings (SSSR count). The van der Waals surface area contributed by atoms with Crippen molar-refractivity contribution < 1.29 is 24.0 Å². The van der Waals surface area contributed by atoms with Crippen molar-refractivity contribution in [2.75, 3.05) is 19.0 Å². The molecule has 0 fully saturated rings. The van der Waals surface area contributed by atoms with Gasteiger partial charge < -0.3 is 14.4 Å². The van der Waals surface area contributed by atoms with Gasteiger partial charge in [0.15, 0.2) is 10.9 Å². The van der Waals surface area contributed by atoms with Crippen molar-refractivity contribution in [1.82, 2.24) is 9.88 Å². The molecule has 160 valence electrons. The molecule has 2 amide bonds. The summed E-state index contributed by atoms with van der Waals surface area (Å²) >= 11 is 1.26. The molecule has 11 heteroatoms. The fourth-order valence-corrected chi connectivity index (χ4v) is 3.89. The number of methoxy groups -OCH3 is 1. The lowest BCUT2D eigenvalue weighted by Gasteiger charge is -2.29. The second-order valence-electron chi connectivity index (χ2n) is 7.64. The van der Waals surface area contributed by atoms with Crippen molar-refractivity contribution in [1.29, 1.82) is 0 Å². The maximum atomic E-state index is 12.5. The summed E-state index contributed by atoms with van der Waals surface area (Å²) in [5, 5.41) is 14.2. The van der Waals surface area contributed by atoms with Gasteiger partial charge in [0.2, 0.25) is 0 Å². The van der Waals surface area contributed by atoms with Crippen LogP contribution in [0.2, 0.25) is 0 Å². The van der Waals surface area contributed by atoms with E-state index in [1.807, 2.05) is 20.8 Å². The molecule has 30 heavy (non-hydrogen) atoms. The van der Waals surface area contributed by atoms with E-state index in [9.17, 15) is 19.7 Å². The van der Waals surface area contributed by atoms with Crippen LogP contribution in [-0.4, -0.2) is 46.1 Å². The first kappa shape index (κ1) is 21.5. The number of hydrogen-bond acceptors (Lipinski definition) is 8. The van der Waals surface area contributed by atoms with Gasteiger partial charge in [-0.15, -0.1) is 0 Å². The number of fused-ring (bicyclic) bond motifs is 1. The van der Waals surface area contributed by atoms with E-state index < -0.39 is 22.5 Å². The summed E-state index contributed by atoms with van der Waals surface area (Å²) < 4.78 is 10.4. The largest absolute Gasteiger partial charge is 0.490 e. The van der Waals surface area contributed by atoms with Gasteiger partial charge in [0.05, 0.1) is 24.3 Å². The van der Waals surface area contributed by atoms with E-state index in [2.05, 4.69) is 10.3 Å². The zero-order valence-electron chi connectivity index (χ0n) is 17.1. The van der Waals surface area contributed by atoms with Gasteiger partial charge in [-0.05, 0) is 32.9 Å². The highest BCUT2D eigenvalue weighted by atomic mass is 32.1. The van der Waals surface area contributed by atoms with Crippen molar-refractivity contribution in [3.05, 3.63) is 44.4 Å². The quantitative estimate of drug-likeness (QED) is 0.576. The third kappa shape index (κ3) is 4.85. The maximum Gasteiger partial charge on any atom is 0.410 e. The number of rotatable bonds is 4. The number of carbonyl (C=O) groups excluding carboxylic acids is 2. The Bertz CT molecular complexity index is 997. The molecular weight excluding hydrogens is 412 g/mol. The van der Waals surface area contributed by atoms with E-state index in [0.29, 0.717) is 24.6 Å². The Labute approximate surface area is 177 Å². The first-order valence-electron chi connectivity index (χ1n) is 9.17. The predicted molar refractivity (Wildman–Crippen MR) is 110 cm³/mol. The lowest BCUT2D eigenvalue weighted by Crippen LogP contribution is -2.39. The molecule has 0 saturated carbocycles. The normalized spacial score (nSPS) is 13.4. The van der Waals surface area contributed by atoms with E-state index in [1.54, 1.807) is 4.90 Å². The molecule has 0 spiro atoms. The number of carbonyl (C=O) groups is 2. The molecule has 1 N–H and O–H groups in total. The fourth-order valence-electron chi connectivity index (χ4n) is 2.87. The minimum Gasteiger partial charge on any atom is -0.490 e. The Morgan fingerprint density at radius 1 is 1.33 bits per heavy atom. The van der Waals surface area contributed by atoms with E-state index in [1.165, 1.54) is 30.6 Å². The number of thiazole rings is 1. The van der Waals surface area contributed by atoms with Crippen LogP contribution in [0.3, 0.4) is 0 Å². The van der Waals surface area contributed by atoms with Crippen LogP contribution in [0.25, 0.3) is 0 Å². The number of nitrogens with zero attached hydrogens (tertiary/aromatic N) is 3. The van der Waals surface area contributed by atoms with Gasteiger partial charge in [-0.3, -0.25) is 20.2 Å². The molecule has 1 aromatic heterocycles. The zero-order valence-corrected chi connectivity index (χ0v) is 17.9. The number of hydrogen-bond donors (Lipinski definition) is 1. The molecule has 0 atom stereocenters. The van der Waals surface area contributed by atoms with Crippen molar-refractivity contribution in [2.45, 2.75) is 39.3 Å². The highest BCUT2D eigenvalue weighted by Crippen LogP contribution is 2.31. The van der Waals surface area contributed by atoms with Crippen molar-refractivity contribution >= 4 is 34.2 Å². The summed E-state index contributed by atoms with van der Waals surface area (Å²) in [7, 11) is 1.32. The monoisotopic (exact) mass is 434 g/mol. The third-order valence-corrected chi connectivity index (χ3v) is 5.24. The van der Waals surface area contributed by atoms with Crippen LogP contribution in [0.15, 0.2) is 18.2 Å². The number of anilines is 1. The van der Waals surface area contributed by atoms with Gasteiger partial charge >= 0.3 is 11.8 Å². The average molecular weight is 434 g/mol. The van der Waals surface area contributed by atoms with Gasteiger partial charge in [-0.25, -0.2) is 9.78 Å². The highest BCUT2D eigenvalue weighted by Gasteiger charge is 2.28. The smallest absolute Gasteiger partial charge is 0.410 e. The first-order valence-corrected chi connectivity index (χ1v) is 9.99. The molecule has 10 nitrogen and oxygen atoms in total. The second-order valence-corrected chi connectivity index (χ2v) is 8.72. The maximum absolute atomic E-state index is 12.5. The summed E-state index contributed by atoms with van der Waals surface area (Å²) in [6, 6.07) is 3.98. The Hall–Kier alpha value is -3.21. The Kier molecular flexibility index (Phi) is 5.92. The standard InChI is InChI=1S/C19H22N4O6S/c1-19(2,3)29-18(25)22-8-7-12-15(10-22)30-17(20-12)21-16(24)11-5-6-14(28-4)13(9-11)23(26)27/h5-6,9H,7-8,10H2,1-4H3,(H,20,21,24). The molecule has 0 unspecified atom stereocenters. The number of benzene rings is 1. The minimum atomic E-state index is -0.608. The number of nitro benzene ring substituents is 1. The van der Waals surface area contributed by atoms with E-state index in [0.717, 1.165) is 16.6 Å². The van der Waals surface area contributed by atoms with E-state index in [-0.39, 0.29) is 17.0 Å². The number of nitro groups is 1. The van der Waals surface area contributed by atoms with Gasteiger partial charge in [0.25, 0.3) is 5.91 Å². The summed E-state index contributed by atoms with van der Waals surface area (Å²) in [5.41, 5.74) is 0.0593.